The Hall–Kier alpha value is -10.4. The van der Waals surface area contributed by atoms with E-state index in [1.54, 1.807) is 0 Å². The minimum absolute atomic E-state index is 0.0884. The number of aromatic nitrogens is 6. The number of nitrogens with zero attached hydrogens (tertiary/aromatic N) is 10. The van der Waals surface area contributed by atoms with E-state index in [1.807, 2.05) is 143 Å². The van der Waals surface area contributed by atoms with Crippen molar-refractivity contribution in [2.75, 3.05) is 11.9 Å². The van der Waals surface area contributed by atoms with Gasteiger partial charge in [-0.1, -0.05) is 204 Å². The van der Waals surface area contributed by atoms with E-state index >= 15 is 0 Å². The lowest BCUT2D eigenvalue weighted by Crippen LogP contribution is -2.16. The number of imidazole rings is 3. The topological polar surface area (TPSA) is 132 Å². The van der Waals surface area contributed by atoms with Crippen LogP contribution in [0.3, 0.4) is 0 Å². The first-order valence-electron chi connectivity index (χ1n) is 31.9. The molecule has 4 aliphatic rings. The number of anilines is 1. The fourth-order valence-electron chi connectivity index (χ4n) is 11.1. The van der Waals surface area contributed by atoms with Crippen molar-refractivity contribution in [3.05, 3.63) is 312 Å². The van der Waals surface area contributed by atoms with Gasteiger partial charge in [0.25, 0.3) is 0 Å². The van der Waals surface area contributed by atoms with E-state index in [1.165, 1.54) is 0 Å². The summed E-state index contributed by atoms with van der Waals surface area (Å²) in [6, 6.07) is 65.4. The molecule has 0 saturated carbocycles. The van der Waals surface area contributed by atoms with Crippen LogP contribution in [-0.2, 0) is 24.4 Å². The number of benzodiazepines with no additional fused rings is 1. The zero-order chi connectivity index (χ0) is 68.4. The number of aryl methyl sites for hydroxylation is 3. The van der Waals surface area contributed by atoms with E-state index in [9.17, 15) is 4.79 Å². The molecule has 16 heteroatoms. The summed E-state index contributed by atoms with van der Waals surface area (Å²) in [5.41, 5.74) is 31.1. The second-order valence-electron chi connectivity index (χ2n) is 25.5. The van der Waals surface area contributed by atoms with Crippen LogP contribution in [0, 0.1) is 56.5 Å². The van der Waals surface area contributed by atoms with Crippen LogP contribution < -0.4 is 5.32 Å². The van der Waals surface area contributed by atoms with Crippen molar-refractivity contribution in [3.8, 4) is 52.8 Å². The highest BCUT2D eigenvalue weighted by molar-refractivity contribution is 9.10. The van der Waals surface area contributed by atoms with Gasteiger partial charge in [0, 0.05) is 64.6 Å². The first kappa shape index (κ1) is 68.0. The predicted octanol–water partition coefficient (Wildman–Crippen LogP) is 17.3. The molecule has 97 heavy (non-hydrogen) atoms. The van der Waals surface area contributed by atoms with Gasteiger partial charge in [-0.2, -0.15) is 0 Å². The molecule has 8 aromatic carbocycles. The molecule has 0 saturated heterocycles. The van der Waals surface area contributed by atoms with E-state index in [0.29, 0.717) is 19.6 Å². The molecule has 4 aliphatic heterocycles. The molecule has 0 unspecified atom stereocenters. The summed E-state index contributed by atoms with van der Waals surface area (Å²) in [5, 5.41) is 2.87. The van der Waals surface area contributed by atoms with E-state index in [0.717, 1.165) is 144 Å². The Morgan fingerprint density at radius 1 is 0.423 bits per heavy atom. The molecule has 0 spiro atoms. The molecule has 0 radical (unpaired) electrons. The number of nitrogens with one attached hydrogen (secondary N) is 1. The third-order valence-corrected chi connectivity index (χ3v) is 18.9. The fraction of sp³-hybridized carbons (Fsp3) is 0.160. The number of aliphatic imine (C=N–C) groups is 4. The van der Waals surface area contributed by atoms with Crippen molar-refractivity contribution in [1.29, 1.82) is 0 Å². The number of fused-ring (bicyclic) bond motifs is 10. The summed E-state index contributed by atoms with van der Waals surface area (Å²) >= 11 is 7.04. The van der Waals surface area contributed by atoms with Crippen molar-refractivity contribution in [1.82, 2.24) is 28.7 Å². The first-order chi connectivity index (χ1) is 46.7. The maximum Gasteiger partial charge on any atom is 0.246 e. The van der Waals surface area contributed by atoms with Gasteiger partial charge in [0.05, 0.1) is 118 Å². The molecule has 11 aromatic rings. The van der Waals surface area contributed by atoms with Crippen LogP contribution in [0.1, 0.15) is 89.8 Å². The predicted molar refractivity (Wildman–Crippen MR) is 410 cm³/mol. The molecule has 0 bridgehead atoms. The molecule has 0 atom stereocenters. The van der Waals surface area contributed by atoms with Crippen LogP contribution in [0.25, 0.3) is 17.1 Å². The van der Waals surface area contributed by atoms with E-state index < -0.39 is 16.1 Å². The quantitative estimate of drug-likeness (QED) is 0.139. The van der Waals surface area contributed by atoms with Gasteiger partial charge in [0.15, 0.2) is 0 Å². The number of terminal acetylenes is 2. The molecular weight excluding hydrogens is 1360 g/mol. The summed E-state index contributed by atoms with van der Waals surface area (Å²) in [4.78, 5) is 44.2. The normalized spacial score (nSPS) is 13.0. The average Bonchev–Trinajstić information content (AvgIpc) is 1.86. The second-order valence-corrected chi connectivity index (χ2v) is 36.8. The number of benzene rings is 8. The highest BCUT2D eigenvalue weighted by Crippen LogP contribution is 2.32. The van der Waals surface area contributed by atoms with E-state index in [-0.39, 0.29) is 12.5 Å². The Morgan fingerprint density at radius 3 is 1.15 bits per heavy atom. The van der Waals surface area contributed by atoms with Crippen LogP contribution in [0.5, 0.6) is 0 Å². The van der Waals surface area contributed by atoms with Gasteiger partial charge >= 0.3 is 0 Å². The summed E-state index contributed by atoms with van der Waals surface area (Å²) in [6.45, 7) is 21.4. The van der Waals surface area contributed by atoms with Crippen LogP contribution in [0.2, 0.25) is 39.3 Å². The molecule has 7 heterocycles. The Balaban J connectivity index is 0.000000128. The van der Waals surface area contributed by atoms with E-state index in [4.69, 9.17) is 27.8 Å². The van der Waals surface area contributed by atoms with Crippen LogP contribution in [-0.4, -0.2) is 80.1 Å². The lowest BCUT2D eigenvalue weighted by Gasteiger charge is -2.12. The van der Waals surface area contributed by atoms with Gasteiger partial charge in [0.2, 0.25) is 5.91 Å². The van der Waals surface area contributed by atoms with Gasteiger partial charge in [-0.25, -0.2) is 15.0 Å². The molecule has 1 N–H and O–H groups in total. The smallest absolute Gasteiger partial charge is 0.246 e. The average molecular weight is 1430 g/mol. The van der Waals surface area contributed by atoms with Gasteiger partial charge < -0.3 is 19.0 Å². The zero-order valence-corrected chi connectivity index (χ0v) is 61.0. The van der Waals surface area contributed by atoms with Crippen molar-refractivity contribution in [2.24, 2.45) is 20.0 Å². The molecule has 1 amide bonds. The summed E-state index contributed by atoms with van der Waals surface area (Å²) in [6.07, 6.45) is 16.4. The lowest BCUT2D eigenvalue weighted by molar-refractivity contribution is -0.114. The Bertz CT molecular complexity index is 5030. The highest BCUT2D eigenvalue weighted by Gasteiger charge is 2.25. The monoisotopic (exact) mass is 1430 g/mol. The standard InChI is InChI=1S/C23H23N3Si.C20H15N3.C18H14BrN3.C15H11BrN2O.C5H10Si/c1-17-22-15-24-23(19-8-6-5-7-9-19)20-14-18(12-13-27(2,3)4)10-11-21(20)26(22)16-25-17;1-3-15-9-10-18-17(11-15)20(16-7-5-4-6-8-16)21-12-19-14(2)22-13-23(18)19;1-12-17-10-20-18(13-5-3-2-4-6-13)15-9-14(19)7-8-16(15)22(17)11-21-12;16-11-6-7-13-12(8-11)15(17-9-14(19)18-13)10-4-2-1-3-5-10;1-5-6(2,3)4/h5-11,14,16H,15H2,1-4H3;1,4-11,13H,12H2,2H3;2-9,11H,10H2,1H3;1-8H,9H2,(H,18,19);1H,2-4H3. The third kappa shape index (κ3) is 16.3. The Kier molecular flexibility index (Phi) is 21.1. The molecular formula is C81H73Br2N11OSi2. The number of rotatable bonds is 4. The zero-order valence-electron chi connectivity index (χ0n) is 55.8. The number of halogens is 2. The van der Waals surface area contributed by atoms with Crippen molar-refractivity contribution >= 4 is 82.4 Å². The Morgan fingerprint density at radius 2 is 0.763 bits per heavy atom. The largest absolute Gasteiger partial charge is 0.324 e. The highest BCUT2D eigenvalue weighted by atomic mass is 79.9. The fourth-order valence-corrected chi connectivity index (χ4v) is 12.4. The van der Waals surface area contributed by atoms with Crippen LogP contribution in [0.15, 0.2) is 242 Å². The van der Waals surface area contributed by atoms with Gasteiger partial charge in [-0.05, 0) is 93.6 Å². The number of amides is 1. The number of hydrogen-bond acceptors (Lipinski definition) is 8. The molecule has 0 aliphatic carbocycles. The number of carbonyl (C=O) groups excluding carboxylic acids is 1. The SMILES string of the molecule is C#C[Si](C)(C)C.C#Cc1ccc2c(c1)C(c1ccccc1)=NCc1c(C)ncn1-2.Cc1ncn2c1CN=C(c1ccccc1)c1cc(Br)ccc1-2.Cc1ncn2c1CN=C(c1ccccc1)c1cc(C#C[Si](C)(C)C)ccc1-2.O=C1CN=C(c2ccccc2)c2cc(Br)ccc2N1. The van der Waals surface area contributed by atoms with E-state index in [2.05, 4.69) is 224 Å². The summed E-state index contributed by atoms with van der Waals surface area (Å²) < 4.78 is 8.45. The van der Waals surface area contributed by atoms with Gasteiger partial charge in [0.1, 0.15) is 22.7 Å². The van der Waals surface area contributed by atoms with Crippen LogP contribution in [0.4, 0.5) is 5.69 Å². The number of carbonyl (C=O) groups is 1. The first-order valence-corrected chi connectivity index (χ1v) is 40.5. The maximum atomic E-state index is 11.7. The minimum atomic E-state index is -1.43. The molecule has 3 aromatic heterocycles. The molecule has 480 valence electrons. The minimum Gasteiger partial charge on any atom is -0.324 e. The molecule has 0 fully saturated rings. The van der Waals surface area contributed by atoms with Gasteiger partial charge in [-0.15, -0.1) is 23.9 Å². The second kappa shape index (κ2) is 30.1. The molecule has 15 rings (SSSR count). The Labute approximate surface area is 587 Å². The van der Waals surface area contributed by atoms with Crippen LogP contribution >= 0.6 is 31.9 Å². The maximum absolute atomic E-state index is 11.7. The van der Waals surface area contributed by atoms with Gasteiger partial charge in [-0.3, -0.25) is 24.8 Å². The summed E-state index contributed by atoms with van der Waals surface area (Å²) in [7, 11) is -2.53. The molecule has 12 nitrogen and oxygen atoms in total. The lowest BCUT2D eigenvalue weighted by atomic mass is 9.98. The number of hydrogen-bond donors (Lipinski definition) is 1. The third-order valence-electron chi connectivity index (χ3n) is 16.1. The summed E-state index contributed by atoms with van der Waals surface area (Å²) in [5.74, 6) is 6.02. The van der Waals surface area contributed by atoms with Crippen molar-refractivity contribution in [3.63, 3.8) is 0 Å². The van der Waals surface area contributed by atoms with Crippen molar-refractivity contribution in [2.45, 2.75) is 79.7 Å². The van der Waals surface area contributed by atoms with Crippen molar-refractivity contribution < 1.29 is 4.79 Å².